The van der Waals surface area contributed by atoms with Crippen LogP contribution in [0.4, 0.5) is 0 Å². The van der Waals surface area contributed by atoms with Gasteiger partial charge in [-0.1, -0.05) is 63.2 Å². The van der Waals surface area contributed by atoms with Crippen molar-refractivity contribution in [3.05, 3.63) is 83.4 Å². The number of nitrogens with zero attached hydrogens (tertiary/aromatic N) is 3. The minimum absolute atomic E-state index is 0.105. The van der Waals surface area contributed by atoms with Crippen molar-refractivity contribution in [1.82, 2.24) is 14.7 Å². The molecule has 2 aromatic carbocycles. The zero-order valence-corrected chi connectivity index (χ0v) is 26.4. The Morgan fingerprint density at radius 2 is 1.72 bits per heavy atom. The number of rotatable bonds is 12. The molecule has 2 atom stereocenters. The van der Waals surface area contributed by atoms with Gasteiger partial charge in [0.25, 0.3) is 5.91 Å². The van der Waals surface area contributed by atoms with Gasteiger partial charge in [-0.15, -0.1) is 6.58 Å². The van der Waals surface area contributed by atoms with E-state index in [9.17, 15) is 9.59 Å². The summed E-state index contributed by atoms with van der Waals surface area (Å²) >= 11 is 0. The molecule has 1 aliphatic rings. The first-order chi connectivity index (χ1) is 18.4. The highest BCUT2D eigenvalue weighted by Gasteiger charge is 2.38. The third kappa shape index (κ3) is 7.69. The molecule has 3 rings (SSSR count). The molecule has 6 heteroatoms. The number of carbonyl (C=O) groups excluding carboxylic acids is 1. The van der Waals surface area contributed by atoms with Crippen LogP contribution in [0, 0.1) is 0 Å². The highest BCUT2D eigenvalue weighted by atomic mass is 28.4. The maximum absolute atomic E-state index is 13.3. The van der Waals surface area contributed by atoms with Gasteiger partial charge in [0.1, 0.15) is 0 Å². The van der Waals surface area contributed by atoms with E-state index in [0.29, 0.717) is 6.54 Å². The van der Waals surface area contributed by atoms with E-state index in [0.717, 1.165) is 51.1 Å². The molecule has 2 unspecified atom stereocenters. The molecule has 0 radical (unpaired) electrons. The lowest BCUT2D eigenvalue weighted by Crippen LogP contribution is -2.47. The van der Waals surface area contributed by atoms with E-state index in [1.54, 1.807) is 0 Å². The summed E-state index contributed by atoms with van der Waals surface area (Å²) in [7, 11) is -2.32. The molecule has 1 fully saturated rings. The Balaban J connectivity index is 1.95. The summed E-state index contributed by atoms with van der Waals surface area (Å²) in [6.07, 6.45) is 3.78. The molecule has 1 amide bonds. The fraction of sp³-hybridized carbons (Fsp3) is 0.545. The first-order valence-electron chi connectivity index (χ1n) is 14.7. The molecular formula is C33H51N3O2Si. The van der Waals surface area contributed by atoms with Crippen LogP contribution in [0.25, 0.3) is 0 Å². The van der Waals surface area contributed by atoms with E-state index in [1.165, 1.54) is 16.7 Å². The van der Waals surface area contributed by atoms with Crippen LogP contribution >= 0.6 is 0 Å². The predicted octanol–water partition coefficient (Wildman–Crippen LogP) is 6.36. The van der Waals surface area contributed by atoms with Crippen molar-refractivity contribution in [2.45, 2.75) is 77.7 Å². The van der Waals surface area contributed by atoms with E-state index < -0.39 is 8.32 Å². The predicted molar refractivity (Wildman–Crippen MR) is 167 cm³/mol. The number of amides is 1. The number of benzene rings is 2. The van der Waals surface area contributed by atoms with Crippen molar-refractivity contribution in [3.63, 3.8) is 0 Å². The molecule has 1 heterocycles. The number of carbonyl (C=O) groups is 1. The second-order valence-corrected chi connectivity index (χ2v) is 16.8. The summed E-state index contributed by atoms with van der Waals surface area (Å²) in [5.41, 5.74) is 4.50. The summed E-state index contributed by atoms with van der Waals surface area (Å²) in [6, 6.07) is 17.6. The zero-order valence-electron chi connectivity index (χ0n) is 25.4. The second-order valence-electron chi connectivity index (χ2n) is 12.4. The lowest BCUT2D eigenvalue weighted by atomic mass is 9.92. The number of piperazine rings is 1. The van der Waals surface area contributed by atoms with Crippen LogP contribution in [0.15, 0.2) is 61.2 Å². The van der Waals surface area contributed by atoms with E-state index in [1.807, 2.05) is 36.2 Å². The van der Waals surface area contributed by atoms with Gasteiger partial charge in [0.2, 0.25) is 0 Å². The van der Waals surface area contributed by atoms with Gasteiger partial charge in [0, 0.05) is 50.9 Å². The minimum Gasteiger partial charge on any atom is -0.432 e. The highest BCUT2D eigenvalue weighted by Crippen LogP contribution is 2.39. The fourth-order valence-electron chi connectivity index (χ4n) is 5.45. The molecule has 0 bridgehead atoms. The van der Waals surface area contributed by atoms with Crippen LogP contribution in [-0.2, 0) is 6.42 Å². The van der Waals surface area contributed by atoms with Gasteiger partial charge in [-0.25, -0.2) is 0 Å². The highest BCUT2D eigenvalue weighted by molar-refractivity contribution is 6.72. The van der Waals surface area contributed by atoms with Crippen LogP contribution < -0.4 is 0 Å². The van der Waals surface area contributed by atoms with Crippen molar-refractivity contribution in [1.29, 1.82) is 0 Å². The van der Waals surface area contributed by atoms with Crippen molar-refractivity contribution in [2.75, 3.05) is 39.3 Å². The Bertz CT molecular complexity index is 1080. The first kappa shape index (κ1) is 31.3. The monoisotopic (exact) mass is 549 g/mol. The fourth-order valence-corrected chi connectivity index (χ4v) is 6.09. The van der Waals surface area contributed by atoms with Crippen LogP contribution in [0.1, 0.15) is 74.1 Å². The summed E-state index contributed by atoms with van der Waals surface area (Å²) in [6.45, 7) is 24.3. The maximum Gasteiger partial charge on any atom is 0.254 e. The Labute approximate surface area is 238 Å². The van der Waals surface area contributed by atoms with Gasteiger partial charge in [-0.3, -0.25) is 14.6 Å². The lowest BCUT2D eigenvalue weighted by molar-refractivity contribution is 0.0700. The van der Waals surface area contributed by atoms with Gasteiger partial charge in [-0.2, -0.15) is 0 Å². The molecule has 2 aromatic rings. The Hall–Kier alpha value is -2.25. The Morgan fingerprint density at radius 3 is 2.26 bits per heavy atom. The molecule has 0 spiro atoms. The molecule has 214 valence electrons. The Kier molecular flexibility index (Phi) is 10.7. The van der Waals surface area contributed by atoms with E-state index >= 15 is 0 Å². The molecule has 5 nitrogen and oxygen atoms in total. The van der Waals surface area contributed by atoms with Crippen LogP contribution in [-0.4, -0.2) is 79.0 Å². The smallest absolute Gasteiger partial charge is 0.254 e. The van der Waals surface area contributed by atoms with Gasteiger partial charge < -0.3 is 9.70 Å². The van der Waals surface area contributed by atoms with Crippen LogP contribution in [0.2, 0.25) is 18.1 Å². The topological polar surface area (TPSA) is 47.0 Å². The first-order valence-corrected chi connectivity index (χ1v) is 17.7. The molecule has 0 aliphatic carbocycles. The average molecular weight is 550 g/mol. The quantitative estimate of drug-likeness (QED) is 0.247. The lowest BCUT2D eigenvalue weighted by Gasteiger charge is -2.40. The van der Waals surface area contributed by atoms with Crippen molar-refractivity contribution in [2.24, 2.45) is 0 Å². The second kappa shape index (κ2) is 13.4. The van der Waals surface area contributed by atoms with E-state index in [2.05, 4.69) is 87.4 Å². The third-order valence-corrected chi connectivity index (χ3v) is 12.4. The molecule has 0 aromatic heterocycles. The van der Waals surface area contributed by atoms with Gasteiger partial charge in [0.05, 0.1) is 6.04 Å². The summed E-state index contributed by atoms with van der Waals surface area (Å²) in [5, 5.41) is -0.125. The van der Waals surface area contributed by atoms with Crippen molar-refractivity contribution < 1.29 is 9.59 Å². The van der Waals surface area contributed by atoms with Gasteiger partial charge in [-0.05, 0) is 73.6 Å². The molecule has 0 saturated carbocycles. The maximum atomic E-state index is 13.3. The normalized spacial score (nSPS) is 17.0. The minimum atomic E-state index is -2.32. The molecular weight excluding hydrogens is 498 g/mol. The van der Waals surface area contributed by atoms with Gasteiger partial charge in [0.15, 0.2) is 8.32 Å². The third-order valence-electron chi connectivity index (χ3n) is 8.93. The van der Waals surface area contributed by atoms with Crippen LogP contribution in [0.5, 0.6) is 0 Å². The number of hydrogen-bond acceptors (Lipinski definition) is 4. The SMILES string of the molecule is C=CCN1CCN(C(c2ccc(C(=O)N(CC)C(C)CC)cc2)c2cccc(CC(C)(C)[Si](C)(C)O)c2)CC1. The van der Waals surface area contributed by atoms with E-state index in [-0.39, 0.29) is 23.0 Å². The van der Waals surface area contributed by atoms with Gasteiger partial charge >= 0.3 is 0 Å². The number of hydrogen-bond donors (Lipinski definition) is 1. The summed E-state index contributed by atoms with van der Waals surface area (Å²) in [4.78, 5) is 31.2. The Morgan fingerprint density at radius 1 is 1.08 bits per heavy atom. The molecule has 1 N–H and O–H groups in total. The van der Waals surface area contributed by atoms with Crippen molar-refractivity contribution >= 4 is 14.2 Å². The average Bonchev–Trinajstić information content (AvgIpc) is 2.90. The van der Waals surface area contributed by atoms with Crippen LogP contribution in [0.3, 0.4) is 0 Å². The van der Waals surface area contributed by atoms with E-state index in [4.69, 9.17) is 0 Å². The molecule has 1 saturated heterocycles. The summed E-state index contributed by atoms with van der Waals surface area (Å²) in [5.74, 6) is 0.105. The molecule has 39 heavy (non-hydrogen) atoms. The largest absolute Gasteiger partial charge is 0.432 e. The zero-order chi connectivity index (χ0) is 28.8. The molecule has 1 aliphatic heterocycles. The van der Waals surface area contributed by atoms with Crippen molar-refractivity contribution in [3.8, 4) is 0 Å². The standard InChI is InChI=1S/C33H51N3O2Si/c1-9-19-34-20-22-35(23-21-34)31(30-14-12-13-27(24-30)25-33(5,6)39(7,8)38)28-15-17-29(18-16-28)32(37)36(11-3)26(4)10-2/h9,12-18,24,26,31,38H,1,10-11,19-23,25H2,2-8H3. The summed E-state index contributed by atoms with van der Waals surface area (Å²) < 4.78 is 0.